The quantitative estimate of drug-likeness (QED) is 0.473. The van der Waals surface area contributed by atoms with Crippen molar-refractivity contribution < 1.29 is 0 Å². The summed E-state index contributed by atoms with van der Waals surface area (Å²) >= 11 is 6.18. The highest BCUT2D eigenvalue weighted by Gasteiger charge is 2.08. The highest BCUT2D eigenvalue weighted by molar-refractivity contribution is 6.35. The third-order valence-electron chi connectivity index (χ3n) is 3.65. The molecule has 96 valence electrons. The van der Waals surface area contributed by atoms with Crippen LogP contribution in [0.3, 0.4) is 0 Å². The molecule has 0 unspecified atom stereocenters. The van der Waals surface area contributed by atoms with Crippen molar-refractivity contribution >= 4 is 44.2 Å². The molecule has 1 N–H and O–H groups in total. The number of fused-ring (bicyclic) bond motifs is 3. The zero-order valence-corrected chi connectivity index (χ0v) is 11.2. The maximum Gasteiger partial charge on any atom is 0.197 e. The summed E-state index contributed by atoms with van der Waals surface area (Å²) in [6.07, 6.45) is 0. The van der Waals surface area contributed by atoms with Crippen LogP contribution in [0.1, 0.15) is 0 Å². The highest BCUT2D eigenvalue weighted by atomic mass is 35.5. The van der Waals surface area contributed by atoms with Gasteiger partial charge >= 0.3 is 0 Å². The number of aromatic nitrogens is 1. The first-order chi connectivity index (χ1) is 9.74. The van der Waals surface area contributed by atoms with Crippen molar-refractivity contribution in [2.45, 2.75) is 0 Å². The molecule has 3 aromatic carbocycles. The largest absolute Gasteiger partial charge is 0.353 e. The predicted molar refractivity (Wildman–Crippen MR) is 84.6 cm³/mol. The van der Waals surface area contributed by atoms with Gasteiger partial charge < -0.3 is 4.98 Å². The number of pyridine rings is 1. The van der Waals surface area contributed by atoms with Crippen molar-refractivity contribution in [1.82, 2.24) is 4.98 Å². The summed E-state index contributed by atoms with van der Waals surface area (Å²) < 4.78 is 0. The van der Waals surface area contributed by atoms with Gasteiger partial charge in [-0.05, 0) is 35.0 Å². The Balaban J connectivity index is 2.29. The lowest BCUT2D eigenvalue weighted by molar-refractivity contribution is 1.49. The highest BCUT2D eigenvalue weighted by Crippen LogP contribution is 2.24. The van der Waals surface area contributed by atoms with Gasteiger partial charge in [0.2, 0.25) is 0 Å². The summed E-state index contributed by atoms with van der Waals surface area (Å²) in [5.74, 6) is 0. The average Bonchev–Trinajstić information content (AvgIpc) is 2.47. The van der Waals surface area contributed by atoms with E-state index in [-0.39, 0.29) is 5.43 Å². The molecule has 0 amide bonds. The second kappa shape index (κ2) is 4.09. The maximum atomic E-state index is 12.6. The lowest BCUT2D eigenvalue weighted by Gasteiger charge is -2.06. The van der Waals surface area contributed by atoms with E-state index in [1.165, 1.54) is 0 Å². The van der Waals surface area contributed by atoms with Gasteiger partial charge in [-0.3, -0.25) is 4.79 Å². The Morgan fingerprint density at radius 3 is 2.40 bits per heavy atom. The Labute approximate surface area is 119 Å². The normalized spacial score (nSPS) is 11.4. The van der Waals surface area contributed by atoms with Crippen LogP contribution in [0.5, 0.6) is 0 Å². The molecule has 0 aliphatic heterocycles. The molecule has 0 aliphatic rings. The van der Waals surface area contributed by atoms with E-state index in [2.05, 4.69) is 4.98 Å². The van der Waals surface area contributed by atoms with Gasteiger partial charge in [0, 0.05) is 10.8 Å². The van der Waals surface area contributed by atoms with Crippen molar-refractivity contribution in [1.29, 1.82) is 0 Å². The fourth-order valence-corrected chi connectivity index (χ4v) is 2.87. The number of nitrogens with one attached hydrogen (secondary N) is 1. The third kappa shape index (κ3) is 1.55. The molecule has 0 atom stereocenters. The van der Waals surface area contributed by atoms with E-state index in [1.807, 2.05) is 36.4 Å². The summed E-state index contributed by atoms with van der Waals surface area (Å²) in [6, 6.07) is 17.3. The van der Waals surface area contributed by atoms with E-state index in [4.69, 9.17) is 11.6 Å². The topological polar surface area (TPSA) is 32.9 Å². The van der Waals surface area contributed by atoms with Crippen molar-refractivity contribution in [2.24, 2.45) is 0 Å². The minimum atomic E-state index is 0.0157. The van der Waals surface area contributed by atoms with Crippen LogP contribution in [0, 0.1) is 0 Å². The molecule has 0 saturated carbocycles. The van der Waals surface area contributed by atoms with E-state index in [0.29, 0.717) is 21.3 Å². The number of rotatable bonds is 0. The maximum absolute atomic E-state index is 12.6. The van der Waals surface area contributed by atoms with Crippen LogP contribution in [-0.2, 0) is 0 Å². The summed E-state index contributed by atoms with van der Waals surface area (Å²) in [7, 11) is 0. The van der Waals surface area contributed by atoms with Crippen LogP contribution in [0.15, 0.2) is 59.4 Å². The smallest absolute Gasteiger partial charge is 0.197 e. The van der Waals surface area contributed by atoms with Gasteiger partial charge in [0.1, 0.15) is 0 Å². The predicted octanol–water partition coefficient (Wildman–Crippen LogP) is 4.49. The number of hydrogen-bond acceptors (Lipinski definition) is 1. The Morgan fingerprint density at radius 2 is 1.60 bits per heavy atom. The average molecular weight is 280 g/mol. The molecular weight excluding hydrogens is 270 g/mol. The SMILES string of the molecule is O=c1c2cc3ccccc3cc2[nH]c2c(Cl)cccc12. The van der Waals surface area contributed by atoms with E-state index in [9.17, 15) is 4.79 Å². The molecule has 1 aromatic heterocycles. The minimum absolute atomic E-state index is 0.0157. The number of aromatic amines is 1. The minimum Gasteiger partial charge on any atom is -0.353 e. The standard InChI is InChI=1S/C17H10ClNO/c18-14-7-3-6-12-16(14)19-15-9-11-5-2-1-4-10(11)8-13(15)17(12)20/h1-9H,(H,19,20). The van der Waals surface area contributed by atoms with Gasteiger partial charge in [-0.2, -0.15) is 0 Å². The van der Waals surface area contributed by atoms with Gasteiger partial charge in [0.25, 0.3) is 0 Å². The van der Waals surface area contributed by atoms with E-state index in [0.717, 1.165) is 16.3 Å². The van der Waals surface area contributed by atoms with Gasteiger partial charge in [0.15, 0.2) is 5.43 Å². The molecule has 0 bridgehead atoms. The summed E-state index contributed by atoms with van der Waals surface area (Å²) in [5, 5.41) is 4.04. The molecule has 0 fully saturated rings. The van der Waals surface area contributed by atoms with Gasteiger partial charge in [-0.15, -0.1) is 0 Å². The monoisotopic (exact) mass is 279 g/mol. The second-order valence-electron chi connectivity index (χ2n) is 4.86. The van der Waals surface area contributed by atoms with Crippen LogP contribution >= 0.6 is 11.6 Å². The van der Waals surface area contributed by atoms with Crippen LogP contribution in [-0.4, -0.2) is 4.98 Å². The Bertz CT molecular complexity index is 1030. The first-order valence-electron chi connectivity index (χ1n) is 6.37. The fourth-order valence-electron chi connectivity index (χ4n) is 2.65. The zero-order chi connectivity index (χ0) is 13.7. The Morgan fingerprint density at radius 1 is 0.850 bits per heavy atom. The molecule has 0 aliphatic carbocycles. The van der Waals surface area contributed by atoms with Crippen LogP contribution in [0.2, 0.25) is 5.02 Å². The molecule has 0 saturated heterocycles. The number of halogens is 1. The van der Waals surface area contributed by atoms with Gasteiger partial charge in [0.05, 0.1) is 16.1 Å². The Hall–Kier alpha value is -2.32. The van der Waals surface area contributed by atoms with Crippen molar-refractivity contribution in [2.75, 3.05) is 0 Å². The molecule has 2 nitrogen and oxygen atoms in total. The molecule has 1 heterocycles. The fraction of sp³-hybridized carbons (Fsp3) is 0. The molecular formula is C17H10ClNO. The molecule has 0 spiro atoms. The van der Waals surface area contributed by atoms with Crippen LogP contribution < -0.4 is 5.43 Å². The van der Waals surface area contributed by atoms with Gasteiger partial charge in [-0.1, -0.05) is 41.9 Å². The van der Waals surface area contributed by atoms with Crippen LogP contribution in [0.25, 0.3) is 32.6 Å². The van der Waals surface area contributed by atoms with E-state index >= 15 is 0 Å². The lowest BCUT2D eigenvalue weighted by Crippen LogP contribution is -2.04. The first-order valence-corrected chi connectivity index (χ1v) is 6.75. The van der Waals surface area contributed by atoms with Gasteiger partial charge in [-0.25, -0.2) is 0 Å². The second-order valence-corrected chi connectivity index (χ2v) is 5.27. The summed E-state index contributed by atoms with van der Waals surface area (Å²) in [5.41, 5.74) is 1.53. The number of H-pyrrole nitrogens is 1. The number of para-hydroxylation sites is 1. The Kier molecular flexibility index (Phi) is 2.35. The molecule has 0 radical (unpaired) electrons. The molecule has 4 aromatic rings. The van der Waals surface area contributed by atoms with Crippen molar-refractivity contribution in [3.8, 4) is 0 Å². The third-order valence-corrected chi connectivity index (χ3v) is 3.96. The van der Waals surface area contributed by atoms with Crippen LogP contribution in [0.4, 0.5) is 0 Å². The lowest BCUT2D eigenvalue weighted by atomic mass is 10.0. The summed E-state index contributed by atoms with van der Waals surface area (Å²) in [4.78, 5) is 15.9. The molecule has 20 heavy (non-hydrogen) atoms. The molecule has 3 heteroatoms. The zero-order valence-electron chi connectivity index (χ0n) is 10.5. The van der Waals surface area contributed by atoms with Crippen molar-refractivity contribution in [3.63, 3.8) is 0 Å². The van der Waals surface area contributed by atoms with Crippen molar-refractivity contribution in [3.05, 3.63) is 69.8 Å². The number of benzene rings is 3. The summed E-state index contributed by atoms with van der Waals surface area (Å²) in [6.45, 7) is 0. The first kappa shape index (κ1) is 11.5. The van der Waals surface area contributed by atoms with E-state index < -0.39 is 0 Å². The van der Waals surface area contributed by atoms with E-state index in [1.54, 1.807) is 18.2 Å². The molecule has 4 rings (SSSR count). The number of hydrogen-bond donors (Lipinski definition) is 1.